The first-order chi connectivity index (χ1) is 4.20. The number of aromatic nitrogens is 1. The van der Waals surface area contributed by atoms with Gasteiger partial charge in [0.05, 0.1) is 5.69 Å². The average Bonchev–Trinajstić information content (AvgIpc) is 2.14. The molecule has 4 heteroatoms. The van der Waals surface area contributed by atoms with Crippen LogP contribution in [0.15, 0.2) is 10.7 Å². The van der Waals surface area contributed by atoms with Crippen molar-refractivity contribution >= 4 is 5.97 Å². The van der Waals surface area contributed by atoms with E-state index in [1.807, 2.05) is 0 Å². The Bertz CT molecular complexity index is 228. The van der Waals surface area contributed by atoms with Crippen LogP contribution in [0, 0.1) is 6.92 Å². The molecule has 48 valence electrons. The van der Waals surface area contributed by atoms with E-state index in [-0.39, 0.29) is 5.89 Å². The average molecular weight is 127 g/mol. The van der Waals surface area contributed by atoms with Crippen LogP contribution in [0.25, 0.3) is 0 Å². The van der Waals surface area contributed by atoms with Crippen LogP contribution in [0.3, 0.4) is 0 Å². The van der Waals surface area contributed by atoms with Crippen molar-refractivity contribution in [2.24, 2.45) is 0 Å². The molecule has 1 aromatic heterocycles. The van der Waals surface area contributed by atoms with E-state index in [9.17, 15) is 4.79 Å². The summed E-state index contributed by atoms with van der Waals surface area (Å²) in [7, 11) is 0. The Morgan fingerprint density at radius 2 is 2.56 bits per heavy atom. The van der Waals surface area contributed by atoms with Gasteiger partial charge in [-0.2, -0.15) is 0 Å². The number of aromatic carboxylic acids is 1. The predicted octanol–water partition coefficient (Wildman–Crippen LogP) is 0.681. The molecule has 0 spiro atoms. The lowest BCUT2D eigenvalue weighted by Crippen LogP contribution is -1.95. The molecular weight excluding hydrogens is 122 g/mol. The predicted molar refractivity (Wildman–Crippen MR) is 28.2 cm³/mol. The maximum Gasteiger partial charge on any atom is 0.392 e. The van der Waals surface area contributed by atoms with Gasteiger partial charge >= 0.3 is 11.9 Å². The molecule has 0 radical (unpaired) electrons. The number of carbonyl (C=O) groups is 1. The Morgan fingerprint density at radius 1 is 1.89 bits per heavy atom. The van der Waals surface area contributed by atoms with E-state index >= 15 is 0 Å². The number of carboxylic acids is 1. The summed E-state index contributed by atoms with van der Waals surface area (Å²) in [6.45, 7) is 1.66. The van der Waals surface area contributed by atoms with Gasteiger partial charge in [-0.1, -0.05) is 0 Å². The maximum atomic E-state index is 10.1. The molecular formula is C5H5NO3. The fourth-order valence-corrected chi connectivity index (χ4v) is 0.452. The molecule has 1 N–H and O–H groups in total. The van der Waals surface area contributed by atoms with Crippen LogP contribution < -0.4 is 0 Å². The minimum atomic E-state index is -1.14. The highest BCUT2D eigenvalue weighted by Gasteiger charge is 2.07. The zero-order chi connectivity index (χ0) is 6.85. The summed E-state index contributed by atoms with van der Waals surface area (Å²) in [5, 5.41) is 8.24. The van der Waals surface area contributed by atoms with Gasteiger partial charge in [-0.05, 0) is 6.92 Å². The second-order valence-electron chi connectivity index (χ2n) is 1.60. The molecule has 0 aliphatic carbocycles. The Labute approximate surface area is 51.1 Å². The molecule has 0 saturated carbocycles. The number of carboxylic acid groups (broad SMARTS) is 1. The van der Waals surface area contributed by atoms with Crippen molar-refractivity contribution in [3.05, 3.63) is 17.8 Å². The molecule has 0 atom stereocenters. The molecule has 0 aliphatic rings. The lowest BCUT2D eigenvalue weighted by Gasteiger charge is -1.77. The quantitative estimate of drug-likeness (QED) is 0.602. The van der Waals surface area contributed by atoms with Crippen LogP contribution in [0.2, 0.25) is 0 Å². The van der Waals surface area contributed by atoms with Gasteiger partial charge in [-0.3, -0.25) is 0 Å². The van der Waals surface area contributed by atoms with Gasteiger partial charge in [0.15, 0.2) is 0 Å². The molecule has 0 fully saturated rings. The number of hydrogen-bond acceptors (Lipinski definition) is 3. The standard InChI is InChI=1S/C5H5NO3/c1-3-2-9-4(6-3)5(7)8/h2H,1H3,(H,7,8). The maximum absolute atomic E-state index is 10.1. The van der Waals surface area contributed by atoms with Gasteiger partial charge in [0, 0.05) is 0 Å². The molecule has 1 aromatic rings. The van der Waals surface area contributed by atoms with Crippen molar-refractivity contribution in [2.75, 3.05) is 0 Å². The molecule has 0 aromatic carbocycles. The molecule has 0 saturated heterocycles. The summed E-state index contributed by atoms with van der Waals surface area (Å²) in [5.41, 5.74) is 0.576. The number of oxazole rings is 1. The van der Waals surface area contributed by atoms with Crippen molar-refractivity contribution < 1.29 is 14.3 Å². The lowest BCUT2D eigenvalue weighted by molar-refractivity contribution is 0.0653. The van der Waals surface area contributed by atoms with Crippen LogP contribution in [0.1, 0.15) is 16.4 Å². The first-order valence-electron chi connectivity index (χ1n) is 2.35. The number of rotatable bonds is 1. The molecule has 0 bridgehead atoms. The molecule has 0 amide bonds. The first kappa shape index (κ1) is 5.81. The second kappa shape index (κ2) is 1.89. The molecule has 1 heterocycles. The van der Waals surface area contributed by atoms with Crippen molar-refractivity contribution in [3.8, 4) is 0 Å². The normalized spacial score (nSPS) is 9.44. The highest BCUT2D eigenvalue weighted by molar-refractivity contribution is 5.81. The van der Waals surface area contributed by atoms with Crippen molar-refractivity contribution in [2.45, 2.75) is 6.92 Å². The fraction of sp³-hybridized carbons (Fsp3) is 0.200. The summed E-state index contributed by atoms with van der Waals surface area (Å²) in [4.78, 5) is 13.6. The fourth-order valence-electron chi connectivity index (χ4n) is 0.452. The number of nitrogens with zero attached hydrogens (tertiary/aromatic N) is 1. The summed E-state index contributed by atoms with van der Waals surface area (Å²) < 4.78 is 4.52. The summed E-state index contributed by atoms with van der Waals surface area (Å²) in [5.74, 6) is -1.39. The topological polar surface area (TPSA) is 63.3 Å². The zero-order valence-corrected chi connectivity index (χ0v) is 4.79. The summed E-state index contributed by atoms with van der Waals surface area (Å²) >= 11 is 0. The van der Waals surface area contributed by atoms with Crippen molar-refractivity contribution in [3.63, 3.8) is 0 Å². The van der Waals surface area contributed by atoms with Gasteiger partial charge in [0.25, 0.3) is 0 Å². The molecule has 4 nitrogen and oxygen atoms in total. The smallest absolute Gasteiger partial charge is 0.392 e. The van der Waals surface area contributed by atoms with E-state index in [1.54, 1.807) is 6.92 Å². The third-order valence-electron chi connectivity index (χ3n) is 0.802. The molecule has 9 heavy (non-hydrogen) atoms. The van der Waals surface area contributed by atoms with Crippen LogP contribution in [-0.2, 0) is 0 Å². The van der Waals surface area contributed by atoms with E-state index in [0.717, 1.165) is 0 Å². The Balaban J connectivity index is 2.98. The minimum Gasteiger partial charge on any atom is -0.474 e. The van der Waals surface area contributed by atoms with E-state index in [2.05, 4.69) is 9.40 Å². The van der Waals surface area contributed by atoms with Gasteiger partial charge in [0.2, 0.25) is 0 Å². The van der Waals surface area contributed by atoms with Crippen molar-refractivity contribution in [1.82, 2.24) is 4.98 Å². The van der Waals surface area contributed by atoms with Gasteiger partial charge < -0.3 is 9.52 Å². The van der Waals surface area contributed by atoms with Crippen molar-refractivity contribution in [1.29, 1.82) is 0 Å². The highest BCUT2D eigenvalue weighted by Crippen LogP contribution is 1.98. The number of aryl methyl sites for hydroxylation is 1. The van der Waals surface area contributed by atoms with Gasteiger partial charge in [-0.25, -0.2) is 9.78 Å². The second-order valence-corrected chi connectivity index (χ2v) is 1.60. The minimum absolute atomic E-state index is 0.257. The third kappa shape index (κ3) is 1.07. The van der Waals surface area contributed by atoms with E-state index < -0.39 is 5.97 Å². The monoisotopic (exact) mass is 127 g/mol. The lowest BCUT2D eigenvalue weighted by atomic mass is 10.6. The van der Waals surface area contributed by atoms with E-state index in [1.165, 1.54) is 6.26 Å². The molecule has 0 unspecified atom stereocenters. The van der Waals surface area contributed by atoms with Crippen LogP contribution in [0.5, 0.6) is 0 Å². The molecule has 1 rings (SSSR count). The summed E-state index contributed by atoms with van der Waals surface area (Å²) in [6, 6.07) is 0. The highest BCUT2D eigenvalue weighted by atomic mass is 16.4. The SMILES string of the molecule is Cc1coc(C(=O)O)n1. The van der Waals surface area contributed by atoms with Gasteiger partial charge in [-0.15, -0.1) is 0 Å². The van der Waals surface area contributed by atoms with Crippen LogP contribution in [0.4, 0.5) is 0 Å². The Kier molecular flexibility index (Phi) is 1.22. The first-order valence-corrected chi connectivity index (χ1v) is 2.35. The molecule has 0 aliphatic heterocycles. The zero-order valence-electron chi connectivity index (χ0n) is 4.79. The van der Waals surface area contributed by atoms with E-state index in [4.69, 9.17) is 5.11 Å². The number of hydrogen-bond donors (Lipinski definition) is 1. The van der Waals surface area contributed by atoms with Crippen LogP contribution in [-0.4, -0.2) is 16.1 Å². The van der Waals surface area contributed by atoms with Crippen LogP contribution >= 0.6 is 0 Å². The van der Waals surface area contributed by atoms with Gasteiger partial charge in [0.1, 0.15) is 6.26 Å². The Morgan fingerprint density at radius 3 is 2.78 bits per heavy atom. The summed E-state index contributed by atoms with van der Waals surface area (Å²) in [6.07, 6.45) is 1.30. The van der Waals surface area contributed by atoms with E-state index in [0.29, 0.717) is 5.69 Å². The third-order valence-corrected chi connectivity index (χ3v) is 0.802. The Hall–Kier alpha value is -1.32. The largest absolute Gasteiger partial charge is 0.474 e.